The second-order valence-corrected chi connectivity index (χ2v) is 13.0. The van der Waals surface area contributed by atoms with Crippen LogP contribution >= 0.6 is 0 Å². The maximum atomic E-state index is 14.0. The van der Waals surface area contributed by atoms with Crippen LogP contribution in [0.4, 0.5) is 10.5 Å². The van der Waals surface area contributed by atoms with Crippen LogP contribution in [0.15, 0.2) is 48.8 Å². The number of benzene rings is 2. The van der Waals surface area contributed by atoms with Gasteiger partial charge in [-0.15, -0.1) is 0 Å². The van der Waals surface area contributed by atoms with Gasteiger partial charge in [0.25, 0.3) is 0 Å². The van der Waals surface area contributed by atoms with Crippen LogP contribution in [0.5, 0.6) is 0 Å². The van der Waals surface area contributed by atoms with Crippen molar-refractivity contribution in [3.63, 3.8) is 0 Å². The number of likely N-dealkylation sites (tertiary alicyclic amines) is 1. The van der Waals surface area contributed by atoms with Gasteiger partial charge in [-0.05, 0) is 91.2 Å². The monoisotopic (exact) mass is 591 g/mol. The second kappa shape index (κ2) is 11.8. The number of aryl methyl sites for hydroxylation is 3. The summed E-state index contributed by atoms with van der Waals surface area (Å²) in [5.41, 5.74) is 7.13. The number of piperidine rings is 1. The van der Waals surface area contributed by atoms with E-state index >= 15 is 0 Å². The molecule has 1 atom stereocenters. The number of rotatable bonds is 8. The largest absolute Gasteiger partial charge is 0.444 e. The molecule has 1 aromatic heterocycles. The number of hydrogen-bond donors (Lipinski definition) is 1. The number of amides is 2. The molecular formula is C31H37N5O5S. The summed E-state index contributed by atoms with van der Waals surface area (Å²) in [5.74, 6) is -0.577. The Morgan fingerprint density at radius 3 is 2.40 bits per heavy atom. The maximum Gasteiger partial charge on any atom is 0.411 e. The molecule has 1 aliphatic heterocycles. The van der Waals surface area contributed by atoms with E-state index in [1.807, 2.05) is 30.3 Å². The molecule has 11 heteroatoms. The van der Waals surface area contributed by atoms with Crippen molar-refractivity contribution in [2.45, 2.75) is 77.0 Å². The van der Waals surface area contributed by atoms with Crippen molar-refractivity contribution < 1.29 is 22.7 Å². The van der Waals surface area contributed by atoms with Crippen LogP contribution in [0.2, 0.25) is 0 Å². The number of nitrogens with zero attached hydrogens (tertiary/aromatic N) is 4. The molecule has 10 nitrogen and oxygen atoms in total. The molecule has 2 aliphatic carbocycles. The van der Waals surface area contributed by atoms with E-state index in [-0.39, 0.29) is 18.7 Å². The quantitative estimate of drug-likeness (QED) is 0.424. The van der Waals surface area contributed by atoms with Gasteiger partial charge < -0.3 is 4.74 Å². The molecule has 3 aliphatic rings. The van der Waals surface area contributed by atoms with E-state index < -0.39 is 28.4 Å². The molecule has 1 fully saturated rings. The Bertz CT molecular complexity index is 1550. The lowest BCUT2D eigenvalue weighted by molar-refractivity contribution is -0.118. The van der Waals surface area contributed by atoms with E-state index in [2.05, 4.69) is 15.9 Å². The summed E-state index contributed by atoms with van der Waals surface area (Å²) >= 11 is 0. The van der Waals surface area contributed by atoms with Gasteiger partial charge in [0, 0.05) is 19.8 Å². The van der Waals surface area contributed by atoms with E-state index in [1.165, 1.54) is 38.0 Å². The maximum absolute atomic E-state index is 14.0. The minimum Gasteiger partial charge on any atom is -0.444 e. The highest BCUT2D eigenvalue weighted by atomic mass is 32.2. The summed E-state index contributed by atoms with van der Waals surface area (Å²) in [7, 11) is -2.72. The highest BCUT2D eigenvalue weighted by Crippen LogP contribution is 2.35. The predicted octanol–water partition coefficient (Wildman–Crippen LogP) is 3.96. The highest BCUT2D eigenvalue weighted by molar-refractivity contribution is 7.91. The van der Waals surface area contributed by atoms with Crippen molar-refractivity contribution in [3.8, 4) is 0 Å². The first-order valence-electron chi connectivity index (χ1n) is 14.8. The summed E-state index contributed by atoms with van der Waals surface area (Å²) in [4.78, 5) is 28.2. The van der Waals surface area contributed by atoms with Gasteiger partial charge in [0.05, 0.1) is 18.3 Å². The fraction of sp³-hybridized carbons (Fsp3) is 0.452. The summed E-state index contributed by atoms with van der Waals surface area (Å²) < 4.78 is 38.6. The molecule has 3 aromatic rings. The lowest BCUT2D eigenvalue weighted by Gasteiger charge is -2.41. The van der Waals surface area contributed by atoms with Gasteiger partial charge in [-0.3, -0.25) is 14.4 Å². The molecule has 0 bridgehead atoms. The number of nitrogens with one attached hydrogen (secondary N) is 1. The second-order valence-electron chi connectivity index (χ2n) is 11.4. The third kappa shape index (κ3) is 5.74. The van der Waals surface area contributed by atoms with Crippen LogP contribution in [-0.2, 0) is 65.5 Å². The fourth-order valence-corrected chi connectivity index (χ4v) is 8.07. The average Bonchev–Trinajstić information content (AvgIpc) is 3.74. The van der Waals surface area contributed by atoms with Gasteiger partial charge in [0.1, 0.15) is 12.8 Å². The molecule has 1 unspecified atom stereocenters. The standard InChI is InChI=1S/C31H37N5O5S/c1-34-20-25(19-32-34)36(30-15-5-6-16-35(30)31(38)41-21-22-9-3-2-4-10-22)42(39,40)33-29(37)18-28-26-13-7-11-23(26)17-24-12-8-14-27(24)28/h2-4,9-10,17,19-20,30H,5-8,11-16,18,21H2,1H3,(H,33,37). The van der Waals surface area contributed by atoms with Crippen LogP contribution < -0.4 is 9.03 Å². The number of ether oxygens (including phenoxy) is 1. The third-order valence-corrected chi connectivity index (χ3v) is 10.0. The molecule has 2 aromatic carbocycles. The molecule has 0 saturated carbocycles. The van der Waals surface area contributed by atoms with Crippen molar-refractivity contribution >= 4 is 27.9 Å². The number of hydrogen-bond acceptors (Lipinski definition) is 6. The Labute approximate surface area is 246 Å². The smallest absolute Gasteiger partial charge is 0.411 e. The molecular weight excluding hydrogens is 554 g/mol. The van der Waals surface area contributed by atoms with Crippen molar-refractivity contribution in [1.82, 2.24) is 19.4 Å². The molecule has 0 spiro atoms. The van der Waals surface area contributed by atoms with Gasteiger partial charge in [0.2, 0.25) is 5.91 Å². The number of carbonyl (C=O) groups is 2. The van der Waals surface area contributed by atoms with E-state index in [0.717, 1.165) is 60.4 Å². The Balaban J connectivity index is 1.25. The highest BCUT2D eigenvalue weighted by Gasteiger charge is 2.40. The fourth-order valence-electron chi connectivity index (χ4n) is 6.70. The summed E-state index contributed by atoms with van der Waals surface area (Å²) in [6.07, 6.45) is 9.32. The number of anilines is 1. The first kappa shape index (κ1) is 28.3. The van der Waals surface area contributed by atoms with Gasteiger partial charge in [-0.2, -0.15) is 13.5 Å². The summed E-state index contributed by atoms with van der Waals surface area (Å²) in [5, 5.41) is 4.18. The number of aromatic nitrogens is 2. The Hall–Kier alpha value is -3.86. The zero-order valence-electron chi connectivity index (χ0n) is 23.9. The van der Waals surface area contributed by atoms with E-state index in [4.69, 9.17) is 4.74 Å². The molecule has 6 rings (SSSR count). The molecule has 42 heavy (non-hydrogen) atoms. The first-order chi connectivity index (χ1) is 20.3. The Morgan fingerprint density at radius 2 is 1.74 bits per heavy atom. The van der Waals surface area contributed by atoms with Crippen LogP contribution in [0.1, 0.15) is 65.5 Å². The summed E-state index contributed by atoms with van der Waals surface area (Å²) in [6.45, 7) is 0.409. The molecule has 0 radical (unpaired) electrons. The van der Waals surface area contributed by atoms with E-state index in [1.54, 1.807) is 13.2 Å². The van der Waals surface area contributed by atoms with Crippen molar-refractivity contribution in [2.24, 2.45) is 7.05 Å². The predicted molar refractivity (Wildman–Crippen MR) is 158 cm³/mol. The van der Waals surface area contributed by atoms with Crippen LogP contribution in [0.3, 0.4) is 0 Å². The van der Waals surface area contributed by atoms with Gasteiger partial charge in [0.15, 0.2) is 0 Å². The van der Waals surface area contributed by atoms with Crippen molar-refractivity contribution in [1.29, 1.82) is 0 Å². The SMILES string of the molecule is Cn1cc(N(C2CCCCN2C(=O)OCc2ccccc2)S(=O)(=O)NC(=O)Cc2c3c(cc4c2CCC4)CCC3)cn1. The third-order valence-electron chi connectivity index (χ3n) is 8.56. The number of fused-ring (bicyclic) bond motifs is 2. The van der Waals surface area contributed by atoms with Crippen molar-refractivity contribution in [2.75, 3.05) is 10.8 Å². The normalized spacial score (nSPS) is 17.9. The number of carbonyl (C=O) groups excluding carboxylic acids is 2. The van der Waals surface area contributed by atoms with Crippen LogP contribution in [0.25, 0.3) is 0 Å². The van der Waals surface area contributed by atoms with Crippen LogP contribution in [-0.4, -0.2) is 47.8 Å². The van der Waals surface area contributed by atoms with Crippen molar-refractivity contribution in [3.05, 3.63) is 82.2 Å². The van der Waals surface area contributed by atoms with Gasteiger partial charge in [-0.1, -0.05) is 36.4 Å². The topological polar surface area (TPSA) is 114 Å². The first-order valence-corrected chi connectivity index (χ1v) is 16.2. The zero-order valence-corrected chi connectivity index (χ0v) is 24.7. The van der Waals surface area contributed by atoms with Gasteiger partial charge >= 0.3 is 16.3 Å². The molecule has 1 saturated heterocycles. The Morgan fingerprint density at radius 1 is 1.02 bits per heavy atom. The molecule has 2 amide bonds. The average molecular weight is 592 g/mol. The lowest BCUT2D eigenvalue weighted by atomic mass is 9.92. The summed E-state index contributed by atoms with van der Waals surface area (Å²) in [6, 6.07) is 11.6. The van der Waals surface area contributed by atoms with Gasteiger partial charge in [-0.25, -0.2) is 13.8 Å². The minimum atomic E-state index is -4.41. The Kier molecular flexibility index (Phi) is 7.94. The lowest BCUT2D eigenvalue weighted by Crippen LogP contribution is -2.58. The molecule has 222 valence electrons. The molecule has 2 heterocycles. The van der Waals surface area contributed by atoms with Crippen LogP contribution in [0, 0.1) is 0 Å². The minimum absolute atomic E-state index is 0.0130. The molecule has 1 N–H and O–H groups in total. The van der Waals surface area contributed by atoms with E-state index in [9.17, 15) is 18.0 Å². The zero-order chi connectivity index (χ0) is 29.3. The van der Waals surface area contributed by atoms with E-state index in [0.29, 0.717) is 19.4 Å².